The van der Waals surface area contributed by atoms with E-state index >= 15 is 0 Å². The molecule has 1 aromatic heterocycles. The Morgan fingerprint density at radius 1 is 1.18 bits per heavy atom. The Morgan fingerprint density at radius 2 is 1.95 bits per heavy atom. The van der Waals surface area contributed by atoms with E-state index in [1.807, 2.05) is 12.1 Å². The van der Waals surface area contributed by atoms with Gasteiger partial charge in [0.15, 0.2) is 6.29 Å². The molecule has 1 fully saturated rings. The van der Waals surface area contributed by atoms with Gasteiger partial charge in [-0.1, -0.05) is 17.7 Å². The third kappa shape index (κ3) is 3.53. The minimum Gasteiger partial charge on any atom is -0.345 e. The highest BCUT2D eigenvalue weighted by Crippen LogP contribution is 2.33. The molecule has 1 aromatic carbocycles. The van der Waals surface area contributed by atoms with E-state index in [0.717, 1.165) is 22.7 Å². The maximum atomic E-state index is 6.16. The van der Waals surface area contributed by atoms with Crippen LogP contribution in [0.5, 0.6) is 0 Å². The van der Waals surface area contributed by atoms with Crippen LogP contribution in [0.4, 0.5) is 0 Å². The second-order valence-corrected chi connectivity index (χ2v) is 7.16. The van der Waals surface area contributed by atoms with E-state index in [-0.39, 0.29) is 6.29 Å². The van der Waals surface area contributed by atoms with Crippen molar-refractivity contribution >= 4 is 22.9 Å². The highest BCUT2D eigenvalue weighted by Gasteiger charge is 2.21. The van der Waals surface area contributed by atoms with Gasteiger partial charge in [-0.15, -0.1) is 11.3 Å². The predicted octanol–water partition coefficient (Wildman–Crippen LogP) is 3.85. The topological polar surface area (TPSA) is 44.5 Å². The zero-order chi connectivity index (χ0) is 15.5. The van der Waals surface area contributed by atoms with E-state index < -0.39 is 0 Å². The van der Waals surface area contributed by atoms with Gasteiger partial charge >= 0.3 is 0 Å². The number of hydrogen-bond acceptors (Lipinski definition) is 4. The van der Waals surface area contributed by atoms with Gasteiger partial charge in [0, 0.05) is 9.90 Å². The second kappa shape index (κ2) is 7.11. The average molecular weight is 338 g/mol. The van der Waals surface area contributed by atoms with Gasteiger partial charge in [0.2, 0.25) is 0 Å². The molecule has 2 heterocycles. The van der Waals surface area contributed by atoms with Crippen molar-refractivity contribution in [2.45, 2.75) is 26.1 Å². The molecule has 3 nitrogen and oxygen atoms in total. The Labute approximate surface area is 140 Å². The van der Waals surface area contributed by atoms with E-state index in [2.05, 4.69) is 19.1 Å². The number of halogens is 1. The molecular formula is C17H20ClNO2S. The van der Waals surface area contributed by atoms with Crippen LogP contribution in [0.1, 0.15) is 32.7 Å². The van der Waals surface area contributed by atoms with Gasteiger partial charge in [-0.3, -0.25) is 0 Å². The number of rotatable bonds is 5. The maximum absolute atomic E-state index is 6.16. The normalized spacial score (nSPS) is 15.6. The lowest BCUT2D eigenvalue weighted by Crippen LogP contribution is -2.05. The van der Waals surface area contributed by atoms with Gasteiger partial charge in [0.1, 0.15) is 0 Å². The van der Waals surface area contributed by atoms with Crippen LogP contribution in [-0.2, 0) is 22.3 Å². The lowest BCUT2D eigenvalue weighted by molar-refractivity contribution is -0.0413. The first kappa shape index (κ1) is 16.0. The molecule has 22 heavy (non-hydrogen) atoms. The maximum Gasteiger partial charge on any atom is 0.193 e. The van der Waals surface area contributed by atoms with Crippen LogP contribution in [0.2, 0.25) is 5.02 Å². The third-order valence-corrected chi connectivity index (χ3v) is 5.21. The molecule has 118 valence electrons. The number of thiophene rings is 1. The van der Waals surface area contributed by atoms with Crippen LogP contribution < -0.4 is 5.73 Å². The summed E-state index contributed by atoms with van der Waals surface area (Å²) in [5.41, 5.74) is 9.54. The fraction of sp³-hybridized carbons (Fsp3) is 0.412. The summed E-state index contributed by atoms with van der Waals surface area (Å²) in [5, 5.41) is 0.770. The summed E-state index contributed by atoms with van der Waals surface area (Å²) in [6.07, 6.45) is 1.54. The number of aryl methyl sites for hydroxylation is 1. The first-order valence-electron chi connectivity index (χ1n) is 7.47. The molecular weight excluding hydrogens is 318 g/mol. The minimum absolute atomic E-state index is 0.194. The molecule has 2 aromatic rings. The van der Waals surface area contributed by atoms with Crippen LogP contribution in [0.25, 0.3) is 0 Å². The van der Waals surface area contributed by atoms with Crippen LogP contribution in [0.15, 0.2) is 24.3 Å². The van der Waals surface area contributed by atoms with Crippen molar-refractivity contribution in [3.8, 4) is 0 Å². The van der Waals surface area contributed by atoms with Crippen molar-refractivity contribution in [2.24, 2.45) is 5.73 Å². The van der Waals surface area contributed by atoms with E-state index in [1.165, 1.54) is 21.6 Å². The quantitative estimate of drug-likeness (QED) is 0.901. The molecule has 2 N–H and O–H groups in total. The van der Waals surface area contributed by atoms with Crippen molar-refractivity contribution in [3.05, 3.63) is 55.7 Å². The Morgan fingerprint density at radius 3 is 2.68 bits per heavy atom. The van der Waals surface area contributed by atoms with Crippen LogP contribution in [0, 0.1) is 6.92 Å². The molecule has 1 aliphatic rings. The third-order valence-electron chi connectivity index (χ3n) is 3.86. The van der Waals surface area contributed by atoms with Crippen molar-refractivity contribution in [1.82, 2.24) is 0 Å². The van der Waals surface area contributed by atoms with E-state index in [0.29, 0.717) is 19.8 Å². The number of nitrogens with two attached hydrogens (primary N) is 1. The highest BCUT2D eigenvalue weighted by molar-refractivity contribution is 7.12. The molecule has 0 bridgehead atoms. The van der Waals surface area contributed by atoms with Gasteiger partial charge in [-0.25, -0.2) is 0 Å². The summed E-state index contributed by atoms with van der Waals surface area (Å²) >= 11 is 7.91. The van der Waals surface area contributed by atoms with E-state index in [9.17, 15) is 0 Å². The molecule has 1 saturated heterocycles. The summed E-state index contributed by atoms with van der Waals surface area (Å²) in [6.45, 7) is 4.13. The highest BCUT2D eigenvalue weighted by atomic mass is 35.5. The summed E-state index contributed by atoms with van der Waals surface area (Å²) in [5.74, 6) is 0. The van der Waals surface area contributed by atoms with Gasteiger partial charge in [0.25, 0.3) is 0 Å². The SMILES string of the molecule is Cc1sc(C2OCCO2)cc1Cc1cc(Cl)ccc1CCN. The number of ether oxygens (including phenoxy) is 2. The summed E-state index contributed by atoms with van der Waals surface area (Å²) in [7, 11) is 0. The standard InChI is InChI=1S/C17H20ClNO2S/c1-11-13(10-16(22-11)17-20-6-7-21-17)8-14-9-15(18)3-2-12(14)4-5-19/h2-3,9-10,17H,4-8,19H2,1H3. The van der Waals surface area contributed by atoms with Crippen molar-refractivity contribution < 1.29 is 9.47 Å². The molecule has 1 aliphatic heterocycles. The summed E-state index contributed by atoms with van der Waals surface area (Å²) < 4.78 is 11.2. The first-order chi connectivity index (χ1) is 10.7. The van der Waals surface area contributed by atoms with Crippen LogP contribution >= 0.6 is 22.9 Å². The Kier molecular flexibility index (Phi) is 5.16. The predicted molar refractivity (Wildman–Crippen MR) is 90.7 cm³/mol. The van der Waals surface area contributed by atoms with Gasteiger partial charge in [-0.2, -0.15) is 0 Å². The largest absolute Gasteiger partial charge is 0.345 e. The van der Waals surface area contributed by atoms with Crippen LogP contribution in [0.3, 0.4) is 0 Å². The fourth-order valence-electron chi connectivity index (χ4n) is 2.72. The van der Waals surface area contributed by atoms with Crippen molar-refractivity contribution in [3.63, 3.8) is 0 Å². The van der Waals surface area contributed by atoms with Crippen molar-refractivity contribution in [2.75, 3.05) is 19.8 Å². The molecule has 0 amide bonds. The second-order valence-electron chi connectivity index (χ2n) is 5.43. The zero-order valence-corrected chi connectivity index (χ0v) is 14.2. The fourth-order valence-corrected chi connectivity index (χ4v) is 3.97. The Hall–Kier alpha value is -0.910. The molecule has 0 spiro atoms. The molecule has 0 unspecified atom stereocenters. The molecule has 0 radical (unpaired) electrons. The van der Waals surface area contributed by atoms with Gasteiger partial charge < -0.3 is 15.2 Å². The molecule has 3 rings (SSSR count). The number of hydrogen-bond donors (Lipinski definition) is 1. The smallest absolute Gasteiger partial charge is 0.193 e. The van der Waals surface area contributed by atoms with Crippen LogP contribution in [-0.4, -0.2) is 19.8 Å². The minimum atomic E-state index is -0.194. The molecule has 0 saturated carbocycles. The Balaban J connectivity index is 1.85. The monoisotopic (exact) mass is 337 g/mol. The van der Waals surface area contributed by atoms with Crippen molar-refractivity contribution in [1.29, 1.82) is 0 Å². The van der Waals surface area contributed by atoms with Gasteiger partial charge in [-0.05, 0) is 61.2 Å². The summed E-state index contributed by atoms with van der Waals surface area (Å²) in [4.78, 5) is 2.44. The lowest BCUT2D eigenvalue weighted by Gasteiger charge is -2.09. The zero-order valence-electron chi connectivity index (χ0n) is 12.6. The molecule has 0 atom stereocenters. The van der Waals surface area contributed by atoms with E-state index in [4.69, 9.17) is 26.8 Å². The van der Waals surface area contributed by atoms with E-state index in [1.54, 1.807) is 11.3 Å². The lowest BCUT2D eigenvalue weighted by atomic mass is 9.98. The van der Waals surface area contributed by atoms with Gasteiger partial charge in [0.05, 0.1) is 18.1 Å². The molecule has 5 heteroatoms. The first-order valence-corrected chi connectivity index (χ1v) is 8.66. The average Bonchev–Trinajstić information content (AvgIpc) is 3.12. The number of benzene rings is 1. The summed E-state index contributed by atoms with van der Waals surface area (Å²) in [6, 6.07) is 8.26. The molecule has 0 aliphatic carbocycles. The Bertz CT molecular complexity index is 650.